The summed E-state index contributed by atoms with van der Waals surface area (Å²) in [4.78, 5) is 14.8. The van der Waals surface area contributed by atoms with Crippen LogP contribution in [0.3, 0.4) is 0 Å². The van der Waals surface area contributed by atoms with Crippen LogP contribution < -0.4 is 5.32 Å². The number of likely N-dealkylation sites (tertiary alicyclic amines) is 1. The SMILES string of the molecule is CCCC(C)NC(=O)C1CCCN(CC2(CC#N)CC2)C1. The van der Waals surface area contributed by atoms with Crippen molar-refractivity contribution in [3.8, 4) is 6.07 Å². The van der Waals surface area contributed by atoms with Crippen molar-refractivity contribution in [2.24, 2.45) is 11.3 Å². The Hall–Kier alpha value is -1.08. The molecule has 2 atom stereocenters. The van der Waals surface area contributed by atoms with Crippen LogP contribution in [-0.4, -0.2) is 36.5 Å². The van der Waals surface area contributed by atoms with Gasteiger partial charge in [-0.3, -0.25) is 4.79 Å². The van der Waals surface area contributed by atoms with Gasteiger partial charge in [-0.05, 0) is 51.0 Å². The van der Waals surface area contributed by atoms with Crippen LogP contribution in [0, 0.1) is 22.7 Å². The molecule has 1 N–H and O–H groups in total. The summed E-state index contributed by atoms with van der Waals surface area (Å²) in [6.07, 6.45) is 7.30. The van der Waals surface area contributed by atoms with Crippen molar-refractivity contribution in [2.45, 2.75) is 64.8 Å². The molecule has 21 heavy (non-hydrogen) atoms. The molecule has 1 aliphatic carbocycles. The van der Waals surface area contributed by atoms with Crippen LogP contribution in [0.5, 0.6) is 0 Å². The van der Waals surface area contributed by atoms with Crippen molar-refractivity contribution in [3.05, 3.63) is 0 Å². The Morgan fingerprint density at radius 3 is 2.90 bits per heavy atom. The molecule has 1 saturated carbocycles. The van der Waals surface area contributed by atoms with Gasteiger partial charge in [-0.15, -0.1) is 0 Å². The molecule has 0 aromatic heterocycles. The average Bonchev–Trinajstić information content (AvgIpc) is 3.19. The van der Waals surface area contributed by atoms with Gasteiger partial charge < -0.3 is 10.2 Å². The Kier molecular flexibility index (Phi) is 5.64. The molecule has 1 heterocycles. The Morgan fingerprint density at radius 2 is 2.29 bits per heavy atom. The number of hydrogen-bond acceptors (Lipinski definition) is 3. The minimum atomic E-state index is 0.135. The first kappa shape index (κ1) is 16.3. The second kappa shape index (κ2) is 7.26. The quantitative estimate of drug-likeness (QED) is 0.784. The highest BCUT2D eigenvalue weighted by Gasteiger charge is 2.44. The lowest BCUT2D eigenvalue weighted by Gasteiger charge is -2.34. The number of nitrogens with zero attached hydrogens (tertiary/aromatic N) is 2. The number of rotatable bonds is 7. The Bertz CT molecular complexity index is 397. The van der Waals surface area contributed by atoms with Crippen LogP contribution in [-0.2, 0) is 4.79 Å². The highest BCUT2D eigenvalue weighted by molar-refractivity contribution is 5.79. The topological polar surface area (TPSA) is 56.1 Å². The van der Waals surface area contributed by atoms with Gasteiger partial charge in [0.25, 0.3) is 0 Å². The van der Waals surface area contributed by atoms with Crippen molar-refractivity contribution in [1.82, 2.24) is 10.2 Å². The van der Waals surface area contributed by atoms with Crippen molar-refractivity contribution in [1.29, 1.82) is 5.26 Å². The van der Waals surface area contributed by atoms with Crippen LogP contribution in [0.4, 0.5) is 0 Å². The Balaban J connectivity index is 1.80. The number of nitriles is 1. The molecule has 0 aromatic carbocycles. The van der Waals surface area contributed by atoms with E-state index >= 15 is 0 Å². The van der Waals surface area contributed by atoms with E-state index in [0.717, 1.165) is 45.3 Å². The van der Waals surface area contributed by atoms with Gasteiger partial charge in [0.2, 0.25) is 5.91 Å². The van der Waals surface area contributed by atoms with Gasteiger partial charge in [0, 0.05) is 25.6 Å². The normalized spacial score (nSPS) is 25.9. The molecule has 1 saturated heterocycles. The summed E-state index contributed by atoms with van der Waals surface area (Å²) in [5, 5.41) is 12.1. The van der Waals surface area contributed by atoms with Crippen LogP contribution >= 0.6 is 0 Å². The van der Waals surface area contributed by atoms with Gasteiger partial charge in [0.1, 0.15) is 0 Å². The van der Waals surface area contributed by atoms with Crippen molar-refractivity contribution >= 4 is 5.91 Å². The lowest BCUT2D eigenvalue weighted by Crippen LogP contribution is -2.46. The first-order chi connectivity index (χ1) is 10.1. The monoisotopic (exact) mass is 291 g/mol. The number of carbonyl (C=O) groups excluding carboxylic acids is 1. The summed E-state index contributed by atoms with van der Waals surface area (Å²) in [6, 6.07) is 2.61. The fourth-order valence-corrected chi connectivity index (χ4v) is 3.49. The summed E-state index contributed by atoms with van der Waals surface area (Å²) in [7, 11) is 0. The predicted octanol–water partition coefficient (Wildman–Crippen LogP) is 2.70. The molecule has 2 unspecified atom stereocenters. The summed E-state index contributed by atoms with van der Waals surface area (Å²) < 4.78 is 0. The fraction of sp³-hybridized carbons (Fsp3) is 0.882. The summed E-state index contributed by atoms with van der Waals surface area (Å²) in [6.45, 7) is 7.21. The molecule has 0 radical (unpaired) electrons. The van der Waals surface area contributed by atoms with Gasteiger partial charge in [0.05, 0.1) is 12.0 Å². The first-order valence-corrected chi connectivity index (χ1v) is 8.48. The molecule has 2 fully saturated rings. The zero-order chi connectivity index (χ0) is 15.3. The number of nitrogens with one attached hydrogen (secondary N) is 1. The van der Waals surface area contributed by atoms with Gasteiger partial charge in [0.15, 0.2) is 0 Å². The predicted molar refractivity (Wildman–Crippen MR) is 83.6 cm³/mol. The minimum absolute atomic E-state index is 0.135. The average molecular weight is 291 g/mol. The number of carbonyl (C=O) groups is 1. The van der Waals surface area contributed by atoms with Crippen LogP contribution in [0.15, 0.2) is 0 Å². The van der Waals surface area contributed by atoms with Gasteiger partial charge in [-0.2, -0.15) is 5.26 Å². The van der Waals surface area contributed by atoms with Crippen LogP contribution in [0.25, 0.3) is 0 Å². The minimum Gasteiger partial charge on any atom is -0.353 e. The molecular weight excluding hydrogens is 262 g/mol. The number of hydrogen-bond donors (Lipinski definition) is 1. The maximum absolute atomic E-state index is 12.3. The maximum atomic E-state index is 12.3. The second-order valence-corrected chi connectivity index (χ2v) is 7.11. The molecule has 1 aliphatic heterocycles. The molecular formula is C17H29N3O. The fourth-order valence-electron chi connectivity index (χ4n) is 3.49. The third-order valence-electron chi connectivity index (χ3n) is 4.96. The van der Waals surface area contributed by atoms with Crippen LogP contribution in [0.1, 0.15) is 58.8 Å². The molecule has 2 aliphatic rings. The summed E-state index contributed by atoms with van der Waals surface area (Å²) in [5.74, 6) is 0.363. The third-order valence-corrected chi connectivity index (χ3v) is 4.96. The molecule has 4 heteroatoms. The van der Waals surface area contributed by atoms with Gasteiger partial charge in [-0.25, -0.2) is 0 Å². The molecule has 0 bridgehead atoms. The van der Waals surface area contributed by atoms with Crippen LogP contribution in [0.2, 0.25) is 0 Å². The smallest absolute Gasteiger partial charge is 0.224 e. The van der Waals surface area contributed by atoms with Gasteiger partial charge >= 0.3 is 0 Å². The first-order valence-electron chi connectivity index (χ1n) is 8.48. The van der Waals surface area contributed by atoms with E-state index in [1.807, 2.05) is 0 Å². The van der Waals surface area contributed by atoms with E-state index in [1.165, 1.54) is 12.8 Å². The standard InChI is InChI=1S/C17H29N3O/c1-3-5-14(2)19-16(21)15-6-4-11-20(12-15)13-17(7-8-17)9-10-18/h14-15H,3-9,11-13H2,1-2H3,(H,19,21). The van der Waals surface area contributed by atoms with E-state index in [2.05, 4.69) is 30.1 Å². The highest BCUT2D eigenvalue weighted by atomic mass is 16.2. The van der Waals surface area contributed by atoms with Crippen molar-refractivity contribution in [3.63, 3.8) is 0 Å². The zero-order valence-electron chi connectivity index (χ0n) is 13.5. The molecule has 0 aromatic rings. The molecule has 0 spiro atoms. The van der Waals surface area contributed by atoms with E-state index in [0.29, 0.717) is 6.42 Å². The number of piperidine rings is 1. The van der Waals surface area contributed by atoms with Crippen molar-refractivity contribution < 1.29 is 4.79 Å². The molecule has 2 rings (SSSR count). The van der Waals surface area contributed by atoms with Gasteiger partial charge in [-0.1, -0.05) is 13.3 Å². The lowest BCUT2D eigenvalue weighted by molar-refractivity contribution is -0.127. The van der Waals surface area contributed by atoms with E-state index < -0.39 is 0 Å². The third kappa shape index (κ3) is 4.71. The largest absolute Gasteiger partial charge is 0.353 e. The van der Waals surface area contributed by atoms with E-state index in [4.69, 9.17) is 5.26 Å². The lowest BCUT2D eigenvalue weighted by atomic mass is 9.94. The zero-order valence-corrected chi connectivity index (χ0v) is 13.5. The second-order valence-electron chi connectivity index (χ2n) is 7.11. The van der Waals surface area contributed by atoms with Crippen molar-refractivity contribution in [2.75, 3.05) is 19.6 Å². The number of amides is 1. The Labute approximate surface area is 128 Å². The van der Waals surface area contributed by atoms with E-state index in [-0.39, 0.29) is 23.3 Å². The molecule has 118 valence electrons. The maximum Gasteiger partial charge on any atom is 0.224 e. The summed E-state index contributed by atoms with van der Waals surface area (Å²) in [5.41, 5.74) is 0.253. The Morgan fingerprint density at radius 1 is 1.52 bits per heavy atom. The molecule has 4 nitrogen and oxygen atoms in total. The summed E-state index contributed by atoms with van der Waals surface area (Å²) >= 11 is 0. The van der Waals surface area contributed by atoms with E-state index in [9.17, 15) is 4.79 Å². The highest BCUT2D eigenvalue weighted by Crippen LogP contribution is 2.49. The van der Waals surface area contributed by atoms with E-state index in [1.54, 1.807) is 0 Å². The molecule has 1 amide bonds.